The Bertz CT molecular complexity index is 442. The molecule has 0 bridgehead atoms. The van der Waals surface area contributed by atoms with Crippen molar-refractivity contribution in [3.63, 3.8) is 0 Å². The molecule has 2 aromatic carbocycles. The second-order valence-corrected chi connectivity index (χ2v) is 3.56. The molecule has 2 N–H and O–H groups in total. The minimum Gasteiger partial charge on any atom is -0.278 e. The monoisotopic (exact) mass is 218 g/mol. The minimum absolute atomic E-state index is 0.642. The fourth-order valence-corrected chi connectivity index (χ4v) is 1.60. The lowest BCUT2D eigenvalue weighted by atomic mass is 10.2. The van der Waals surface area contributed by atoms with Crippen molar-refractivity contribution in [3.8, 4) is 0 Å². The highest BCUT2D eigenvalue weighted by Gasteiger charge is 2.06. The molecule has 0 fully saturated rings. The molecule has 0 aliphatic heterocycles. The van der Waals surface area contributed by atoms with Crippen LogP contribution in [0, 0.1) is 0 Å². The van der Waals surface area contributed by atoms with Crippen LogP contribution in [0.15, 0.2) is 54.6 Å². The second-order valence-electron chi connectivity index (χ2n) is 3.16. The summed E-state index contributed by atoms with van der Waals surface area (Å²) < 4.78 is 0. The quantitative estimate of drug-likeness (QED) is 0.619. The third-order valence-electron chi connectivity index (χ3n) is 2.15. The first-order valence-electron chi connectivity index (χ1n) is 4.63. The third kappa shape index (κ3) is 2.12. The van der Waals surface area contributed by atoms with Crippen molar-refractivity contribution in [2.24, 2.45) is 5.84 Å². The van der Waals surface area contributed by atoms with Crippen LogP contribution < -0.4 is 10.9 Å². The summed E-state index contributed by atoms with van der Waals surface area (Å²) in [5.74, 6) is 5.97. The van der Waals surface area contributed by atoms with Gasteiger partial charge in [0.25, 0.3) is 0 Å². The molecule has 0 saturated carbocycles. The highest BCUT2D eigenvalue weighted by atomic mass is 35.5. The molecule has 0 unspecified atom stereocenters. The number of hydrogen-bond acceptors (Lipinski definition) is 2. The zero-order valence-corrected chi connectivity index (χ0v) is 8.85. The third-order valence-corrected chi connectivity index (χ3v) is 2.47. The lowest BCUT2D eigenvalue weighted by Gasteiger charge is -2.19. The summed E-state index contributed by atoms with van der Waals surface area (Å²) in [6, 6.07) is 17.2. The summed E-state index contributed by atoms with van der Waals surface area (Å²) in [7, 11) is 0. The van der Waals surface area contributed by atoms with Crippen molar-refractivity contribution < 1.29 is 0 Å². The first kappa shape index (κ1) is 10.0. The number of anilines is 2. The zero-order chi connectivity index (χ0) is 10.7. The van der Waals surface area contributed by atoms with Gasteiger partial charge >= 0.3 is 0 Å². The van der Waals surface area contributed by atoms with E-state index in [1.165, 1.54) is 0 Å². The summed E-state index contributed by atoms with van der Waals surface area (Å²) in [6.45, 7) is 0. The van der Waals surface area contributed by atoms with Crippen molar-refractivity contribution in [2.75, 3.05) is 5.01 Å². The number of hydrogen-bond donors (Lipinski definition) is 1. The number of halogens is 1. The van der Waals surface area contributed by atoms with E-state index in [2.05, 4.69) is 0 Å². The number of benzene rings is 2. The van der Waals surface area contributed by atoms with Crippen molar-refractivity contribution in [1.82, 2.24) is 0 Å². The lowest BCUT2D eigenvalue weighted by Crippen LogP contribution is -2.24. The van der Waals surface area contributed by atoms with Crippen LogP contribution >= 0.6 is 11.6 Å². The van der Waals surface area contributed by atoms with Crippen LogP contribution in [-0.4, -0.2) is 0 Å². The van der Waals surface area contributed by atoms with Crippen molar-refractivity contribution in [2.45, 2.75) is 0 Å². The van der Waals surface area contributed by atoms with Gasteiger partial charge in [0.2, 0.25) is 0 Å². The molecule has 0 saturated heterocycles. The van der Waals surface area contributed by atoms with Crippen LogP contribution in [0.25, 0.3) is 0 Å². The van der Waals surface area contributed by atoms with E-state index in [0.717, 1.165) is 11.4 Å². The largest absolute Gasteiger partial charge is 0.278 e. The molecule has 15 heavy (non-hydrogen) atoms. The average molecular weight is 219 g/mol. The molecule has 0 radical (unpaired) electrons. The number of nitrogens with zero attached hydrogens (tertiary/aromatic N) is 1. The highest BCUT2D eigenvalue weighted by molar-refractivity contribution is 6.33. The number of hydrazine groups is 1. The summed E-state index contributed by atoms with van der Waals surface area (Å²) in [5, 5.41) is 2.21. The van der Waals surface area contributed by atoms with Crippen LogP contribution in [0.2, 0.25) is 5.02 Å². The molecule has 0 heterocycles. The van der Waals surface area contributed by atoms with Gasteiger partial charge in [0.1, 0.15) is 0 Å². The molecular weight excluding hydrogens is 208 g/mol. The van der Waals surface area contributed by atoms with Gasteiger partial charge in [-0.2, -0.15) is 0 Å². The van der Waals surface area contributed by atoms with E-state index in [9.17, 15) is 0 Å². The first-order chi connectivity index (χ1) is 7.29. The Kier molecular flexibility index (Phi) is 2.90. The van der Waals surface area contributed by atoms with Crippen LogP contribution in [0.3, 0.4) is 0 Å². The fourth-order valence-electron chi connectivity index (χ4n) is 1.37. The normalized spacial score (nSPS) is 10.0. The predicted octanol–water partition coefficient (Wildman–Crippen LogP) is 3.35. The van der Waals surface area contributed by atoms with Crippen molar-refractivity contribution >= 4 is 23.0 Å². The van der Waals surface area contributed by atoms with Crippen LogP contribution in [-0.2, 0) is 0 Å². The van der Waals surface area contributed by atoms with Gasteiger partial charge in [-0.25, -0.2) is 5.84 Å². The maximum atomic E-state index is 6.05. The Morgan fingerprint density at radius 2 is 1.47 bits per heavy atom. The molecule has 0 aliphatic carbocycles. The van der Waals surface area contributed by atoms with E-state index in [0.29, 0.717) is 5.02 Å². The average Bonchev–Trinajstić information content (AvgIpc) is 2.30. The van der Waals surface area contributed by atoms with Gasteiger partial charge in [0, 0.05) is 0 Å². The first-order valence-corrected chi connectivity index (χ1v) is 5.01. The molecule has 2 rings (SSSR count). The number of rotatable bonds is 2. The van der Waals surface area contributed by atoms with Gasteiger partial charge in [-0.3, -0.25) is 5.01 Å². The Hall–Kier alpha value is -1.51. The van der Waals surface area contributed by atoms with Crippen LogP contribution in [0.1, 0.15) is 0 Å². The van der Waals surface area contributed by atoms with Crippen molar-refractivity contribution in [1.29, 1.82) is 0 Å². The Morgan fingerprint density at radius 3 is 2.13 bits per heavy atom. The summed E-state index contributed by atoms with van der Waals surface area (Å²) in [6.07, 6.45) is 0. The minimum atomic E-state index is 0.642. The predicted molar refractivity (Wildman–Crippen MR) is 64.2 cm³/mol. The summed E-state index contributed by atoms with van der Waals surface area (Å²) in [5.41, 5.74) is 1.70. The maximum Gasteiger partial charge on any atom is 0.0761 e. The van der Waals surface area contributed by atoms with Crippen molar-refractivity contribution in [3.05, 3.63) is 59.6 Å². The number of nitrogens with two attached hydrogens (primary N) is 1. The Balaban J connectivity index is 2.37. The van der Waals surface area contributed by atoms with E-state index >= 15 is 0 Å². The molecule has 0 aliphatic rings. The van der Waals surface area contributed by atoms with Gasteiger partial charge in [-0.1, -0.05) is 41.9 Å². The summed E-state index contributed by atoms with van der Waals surface area (Å²) in [4.78, 5) is 0. The maximum absolute atomic E-state index is 6.05. The van der Waals surface area contributed by atoms with Gasteiger partial charge in [0.15, 0.2) is 0 Å². The molecule has 0 atom stereocenters. The molecule has 3 heteroatoms. The van der Waals surface area contributed by atoms with Gasteiger partial charge < -0.3 is 0 Å². The van der Waals surface area contributed by atoms with E-state index in [1.54, 1.807) is 5.01 Å². The van der Waals surface area contributed by atoms with E-state index in [-0.39, 0.29) is 0 Å². The highest BCUT2D eigenvalue weighted by Crippen LogP contribution is 2.28. The van der Waals surface area contributed by atoms with Gasteiger partial charge in [0.05, 0.1) is 16.4 Å². The Labute approximate surface area is 93.9 Å². The molecule has 0 amide bonds. The van der Waals surface area contributed by atoms with Gasteiger partial charge in [-0.15, -0.1) is 0 Å². The number of para-hydroxylation sites is 2. The van der Waals surface area contributed by atoms with E-state index < -0.39 is 0 Å². The topological polar surface area (TPSA) is 29.3 Å². The fraction of sp³-hybridized carbons (Fsp3) is 0. The zero-order valence-electron chi connectivity index (χ0n) is 8.10. The molecule has 76 valence electrons. The lowest BCUT2D eigenvalue weighted by molar-refractivity contribution is 1.09. The standard InChI is InChI=1S/C12H11ClN2/c13-11-8-4-5-9-12(11)15(14)10-6-2-1-3-7-10/h1-9H,14H2. The Morgan fingerprint density at radius 1 is 0.867 bits per heavy atom. The molecule has 2 nitrogen and oxygen atoms in total. The van der Waals surface area contributed by atoms with Gasteiger partial charge in [-0.05, 0) is 24.3 Å². The molecular formula is C12H11ClN2. The second kappa shape index (κ2) is 4.34. The van der Waals surface area contributed by atoms with E-state index in [4.69, 9.17) is 17.4 Å². The smallest absolute Gasteiger partial charge is 0.0761 e. The molecule has 2 aromatic rings. The van der Waals surface area contributed by atoms with Crippen LogP contribution in [0.4, 0.5) is 11.4 Å². The molecule has 0 spiro atoms. The van der Waals surface area contributed by atoms with E-state index in [1.807, 2.05) is 54.6 Å². The van der Waals surface area contributed by atoms with Crippen LogP contribution in [0.5, 0.6) is 0 Å². The molecule has 0 aromatic heterocycles. The SMILES string of the molecule is NN(c1ccccc1)c1ccccc1Cl. The summed E-state index contributed by atoms with van der Waals surface area (Å²) >= 11 is 6.05.